The summed E-state index contributed by atoms with van der Waals surface area (Å²) in [7, 11) is -9.92. The molecule has 19 heteroatoms. The summed E-state index contributed by atoms with van der Waals surface area (Å²) < 4.78 is 68.8. The van der Waals surface area contributed by atoms with E-state index >= 15 is 0 Å². The Hall–Kier alpha value is -1.94. The van der Waals surface area contributed by atoms with Crippen molar-refractivity contribution in [3.05, 3.63) is 0 Å². The zero-order chi connectivity index (χ0) is 75.8. The van der Waals surface area contributed by atoms with Crippen LogP contribution in [-0.4, -0.2) is 96.7 Å². The van der Waals surface area contributed by atoms with Gasteiger partial charge in [0.1, 0.15) is 19.3 Å². The predicted molar refractivity (Wildman–Crippen MR) is 423 cm³/mol. The van der Waals surface area contributed by atoms with Crippen LogP contribution in [0, 0.1) is 17.8 Å². The maximum atomic E-state index is 13.1. The molecule has 0 aliphatic heterocycles. The van der Waals surface area contributed by atoms with E-state index in [-0.39, 0.29) is 25.7 Å². The molecule has 17 nitrogen and oxygen atoms in total. The molecular formula is C84H164O17P2. The summed E-state index contributed by atoms with van der Waals surface area (Å²) in [5, 5.41) is 10.7. The van der Waals surface area contributed by atoms with Crippen molar-refractivity contribution < 1.29 is 80.2 Å². The number of hydrogen-bond acceptors (Lipinski definition) is 15. The van der Waals surface area contributed by atoms with Crippen molar-refractivity contribution in [2.75, 3.05) is 39.6 Å². The monoisotopic (exact) mass is 1510 g/mol. The van der Waals surface area contributed by atoms with Crippen molar-refractivity contribution in [3.63, 3.8) is 0 Å². The van der Waals surface area contributed by atoms with Gasteiger partial charge in [-0.3, -0.25) is 37.3 Å². The zero-order valence-electron chi connectivity index (χ0n) is 67.8. The molecule has 0 rings (SSSR count). The number of carbonyl (C=O) groups is 4. The lowest BCUT2D eigenvalue weighted by Crippen LogP contribution is -2.30. The molecule has 0 aromatic heterocycles. The lowest BCUT2D eigenvalue weighted by molar-refractivity contribution is -0.161. The van der Waals surface area contributed by atoms with Crippen LogP contribution in [0.5, 0.6) is 0 Å². The molecule has 0 amide bonds. The number of carbonyl (C=O) groups excluding carboxylic acids is 4. The fourth-order valence-electron chi connectivity index (χ4n) is 13.0. The van der Waals surface area contributed by atoms with Crippen LogP contribution in [0.15, 0.2) is 0 Å². The van der Waals surface area contributed by atoms with Crippen LogP contribution in [0.2, 0.25) is 0 Å². The highest BCUT2D eigenvalue weighted by Gasteiger charge is 2.30. The van der Waals surface area contributed by atoms with Crippen molar-refractivity contribution in [3.8, 4) is 0 Å². The molecule has 0 heterocycles. The van der Waals surface area contributed by atoms with E-state index in [1.807, 2.05) is 0 Å². The first-order valence-electron chi connectivity index (χ1n) is 43.3. The van der Waals surface area contributed by atoms with Gasteiger partial charge in [-0.25, -0.2) is 9.13 Å². The number of unbranched alkanes of at least 4 members (excludes halogenated alkanes) is 50. The average molecular weight is 1510 g/mol. The normalized spacial score (nSPS) is 13.9. The first-order chi connectivity index (χ1) is 49.7. The van der Waals surface area contributed by atoms with Gasteiger partial charge in [0.2, 0.25) is 0 Å². The third-order valence-electron chi connectivity index (χ3n) is 19.6. The van der Waals surface area contributed by atoms with Crippen molar-refractivity contribution in [2.45, 2.75) is 458 Å². The van der Waals surface area contributed by atoms with Crippen LogP contribution in [0.4, 0.5) is 0 Å². The van der Waals surface area contributed by atoms with E-state index in [4.69, 9.17) is 37.0 Å². The molecule has 0 spiro atoms. The highest BCUT2D eigenvalue weighted by atomic mass is 31.2. The van der Waals surface area contributed by atoms with E-state index in [0.29, 0.717) is 25.7 Å². The van der Waals surface area contributed by atoms with Gasteiger partial charge in [-0.15, -0.1) is 0 Å². The SMILES string of the molecule is CCCCCCCCCCCCCC(=O)OC[C@H](COP(=O)(O)OC[C@H](O)COP(=O)(O)OC[C@@H](COC(=O)CCCCCCCCCCCCCCCCCCC(C)C)OC(=O)CCCCCCCCCCCCCCCCCCC(C)C)OC(=O)CCCCCCCCCCCCCC(C)C. The van der Waals surface area contributed by atoms with Crippen LogP contribution in [0.3, 0.4) is 0 Å². The van der Waals surface area contributed by atoms with Gasteiger partial charge in [-0.1, -0.05) is 389 Å². The van der Waals surface area contributed by atoms with Gasteiger partial charge in [0.25, 0.3) is 0 Å². The Kier molecular flexibility index (Phi) is 72.8. The summed E-state index contributed by atoms with van der Waals surface area (Å²) in [6, 6.07) is 0. The standard InChI is InChI=1S/C84H164O17P2/c1-8-9-10-11-12-13-27-37-44-51-58-65-81(86)94-71-79(101-84(89)68-61-54-47-40-33-26-30-36-43-50-57-64-77(6)7)73-98-102(90,91)96-69-78(85)70-97-103(92,93)99-74-80(100-83(88)67-60-53-46-39-32-25-21-17-15-19-23-29-35-42-49-56-63-76(4)5)72-95-82(87)66-59-52-45-38-31-24-20-16-14-18-22-28-34-41-48-55-62-75(2)3/h75-80,85H,8-74H2,1-7H3,(H,90,91)(H,92,93)/t78-,79+,80+/m0/s1. The van der Waals surface area contributed by atoms with Gasteiger partial charge in [0.05, 0.1) is 26.4 Å². The Morgan fingerprint density at radius 1 is 0.262 bits per heavy atom. The molecule has 2 unspecified atom stereocenters. The minimum atomic E-state index is -4.96. The fraction of sp³-hybridized carbons (Fsp3) is 0.952. The fourth-order valence-corrected chi connectivity index (χ4v) is 14.6. The molecule has 0 saturated carbocycles. The van der Waals surface area contributed by atoms with E-state index in [1.165, 1.54) is 250 Å². The summed E-state index contributed by atoms with van der Waals surface area (Å²) in [4.78, 5) is 73.1. The maximum Gasteiger partial charge on any atom is 0.472 e. The van der Waals surface area contributed by atoms with E-state index in [9.17, 15) is 43.2 Å². The quantitative estimate of drug-likeness (QED) is 0.0222. The second kappa shape index (κ2) is 74.2. The maximum absolute atomic E-state index is 13.1. The van der Waals surface area contributed by atoms with Crippen LogP contribution < -0.4 is 0 Å². The van der Waals surface area contributed by atoms with Gasteiger partial charge in [0.15, 0.2) is 12.2 Å². The molecule has 0 saturated heterocycles. The minimum absolute atomic E-state index is 0.107. The Morgan fingerprint density at radius 2 is 0.447 bits per heavy atom. The first-order valence-corrected chi connectivity index (χ1v) is 46.3. The minimum Gasteiger partial charge on any atom is -0.462 e. The van der Waals surface area contributed by atoms with Crippen molar-refractivity contribution in [1.29, 1.82) is 0 Å². The molecule has 0 aliphatic carbocycles. The van der Waals surface area contributed by atoms with Crippen LogP contribution in [0.1, 0.15) is 440 Å². The summed E-state index contributed by atoms with van der Waals surface area (Å²) in [5.74, 6) is 0.281. The molecule has 3 N–H and O–H groups in total. The van der Waals surface area contributed by atoms with Crippen molar-refractivity contribution in [1.82, 2.24) is 0 Å². The highest BCUT2D eigenvalue weighted by molar-refractivity contribution is 7.47. The second-order valence-electron chi connectivity index (χ2n) is 31.6. The molecule has 103 heavy (non-hydrogen) atoms. The number of phosphoric ester groups is 2. The summed E-state index contributed by atoms with van der Waals surface area (Å²) in [6.45, 7) is 12.0. The Bertz CT molecular complexity index is 1990. The third kappa shape index (κ3) is 78.0. The van der Waals surface area contributed by atoms with E-state index in [1.54, 1.807) is 0 Å². The Balaban J connectivity index is 5.24. The zero-order valence-corrected chi connectivity index (χ0v) is 69.6. The summed E-state index contributed by atoms with van der Waals surface area (Å²) >= 11 is 0. The molecular weight excluding hydrogens is 1340 g/mol. The van der Waals surface area contributed by atoms with Gasteiger partial charge < -0.3 is 33.8 Å². The van der Waals surface area contributed by atoms with Crippen molar-refractivity contribution >= 4 is 39.5 Å². The van der Waals surface area contributed by atoms with E-state index in [0.717, 1.165) is 108 Å². The number of phosphoric acid groups is 2. The van der Waals surface area contributed by atoms with Gasteiger partial charge in [-0.2, -0.15) is 0 Å². The molecule has 0 radical (unpaired) electrons. The molecule has 0 aliphatic rings. The topological polar surface area (TPSA) is 237 Å². The average Bonchev–Trinajstić information content (AvgIpc) is 0.947. The molecule has 612 valence electrons. The molecule has 5 atom stereocenters. The molecule has 0 aromatic carbocycles. The molecule has 0 aromatic rings. The summed E-state index contributed by atoms with van der Waals surface area (Å²) in [5.41, 5.74) is 0. The van der Waals surface area contributed by atoms with Gasteiger partial charge in [0, 0.05) is 25.7 Å². The number of hydrogen-bond donors (Lipinski definition) is 3. The van der Waals surface area contributed by atoms with Crippen molar-refractivity contribution in [2.24, 2.45) is 17.8 Å². The largest absolute Gasteiger partial charge is 0.472 e. The number of aliphatic hydroxyl groups is 1. The number of rotatable bonds is 82. The van der Waals surface area contributed by atoms with Gasteiger partial charge in [-0.05, 0) is 43.4 Å². The number of esters is 4. The number of ether oxygens (including phenoxy) is 4. The van der Waals surface area contributed by atoms with E-state index < -0.39 is 97.5 Å². The van der Waals surface area contributed by atoms with Crippen LogP contribution >= 0.6 is 15.6 Å². The lowest BCUT2D eigenvalue weighted by atomic mass is 10.0. The summed E-state index contributed by atoms with van der Waals surface area (Å²) in [6.07, 6.45) is 63.8. The smallest absolute Gasteiger partial charge is 0.462 e. The highest BCUT2D eigenvalue weighted by Crippen LogP contribution is 2.45. The third-order valence-corrected chi connectivity index (χ3v) is 21.5. The predicted octanol–water partition coefficient (Wildman–Crippen LogP) is 25.3. The molecule has 0 bridgehead atoms. The lowest BCUT2D eigenvalue weighted by Gasteiger charge is -2.21. The van der Waals surface area contributed by atoms with Crippen LogP contribution in [-0.2, 0) is 65.4 Å². The second-order valence-corrected chi connectivity index (χ2v) is 34.6. The Morgan fingerprint density at radius 3 is 0.660 bits per heavy atom. The Labute approximate surface area is 632 Å². The van der Waals surface area contributed by atoms with Crippen LogP contribution in [0.25, 0.3) is 0 Å². The first kappa shape index (κ1) is 101. The number of aliphatic hydroxyl groups excluding tert-OH is 1. The van der Waals surface area contributed by atoms with E-state index in [2.05, 4.69) is 48.5 Å². The van der Waals surface area contributed by atoms with Gasteiger partial charge >= 0.3 is 39.5 Å². The molecule has 0 fully saturated rings.